The van der Waals surface area contributed by atoms with Crippen molar-refractivity contribution in [1.29, 1.82) is 0 Å². The Bertz CT molecular complexity index is 1980. The number of hydrogen-bond acceptors (Lipinski definition) is 8. The Labute approximate surface area is 336 Å². The summed E-state index contributed by atoms with van der Waals surface area (Å²) in [6, 6.07) is 11.2. The van der Waals surface area contributed by atoms with Crippen LogP contribution in [0.25, 0.3) is 11.1 Å². The van der Waals surface area contributed by atoms with Crippen LogP contribution in [0.15, 0.2) is 66.7 Å². The van der Waals surface area contributed by atoms with E-state index in [1.165, 1.54) is 30.9 Å². The molecule has 15 heteroatoms. The molecule has 3 N–H and O–H groups in total. The summed E-state index contributed by atoms with van der Waals surface area (Å²) in [5, 5.41) is 8.14. The van der Waals surface area contributed by atoms with Crippen LogP contribution >= 0.6 is 0 Å². The number of methoxy groups -OCH3 is 2. The summed E-state index contributed by atoms with van der Waals surface area (Å²) >= 11 is 0. The maximum atomic E-state index is 14.5. The standard InChI is InChI=1S/C43H51F2N5O8/c1-23(2)35(40(53)48-36(24(3)4)42(55)57-6)47-39(52)34-17-12-18-49(34)41(54)33(21-26-19-27(44)22-28(45)20-26)46-38(51)25(5)50(43(56)58-7)37-31-15-10-8-13-29(31)30-14-9-11-16-32(30)37/h8-11,13-16,19-20,22-25,33-37H,12,17-18,21H2,1-7H3,(H,46,51)(H,47,52)(H,48,53)/t25-,33-,34-,35-,36-/m0/s1. The number of benzene rings is 3. The zero-order chi connectivity index (χ0) is 42.4. The maximum Gasteiger partial charge on any atom is 0.410 e. The summed E-state index contributed by atoms with van der Waals surface area (Å²) in [5.74, 6) is -5.87. The molecule has 1 saturated heterocycles. The Morgan fingerprint density at radius 2 is 1.33 bits per heavy atom. The van der Waals surface area contributed by atoms with Crippen LogP contribution in [-0.2, 0) is 39.9 Å². The molecule has 1 aliphatic heterocycles. The number of nitrogens with zero attached hydrogens (tertiary/aromatic N) is 2. The molecule has 0 radical (unpaired) electrons. The van der Waals surface area contributed by atoms with Crippen molar-refractivity contribution in [3.05, 3.63) is 95.1 Å². The largest absolute Gasteiger partial charge is 0.467 e. The number of carbonyl (C=O) groups excluding carboxylic acids is 6. The van der Waals surface area contributed by atoms with Gasteiger partial charge in [0.1, 0.15) is 41.8 Å². The third-order valence-electron chi connectivity index (χ3n) is 10.7. The maximum absolute atomic E-state index is 14.5. The minimum atomic E-state index is -1.44. The van der Waals surface area contributed by atoms with E-state index in [1.807, 2.05) is 48.5 Å². The molecule has 2 aliphatic rings. The number of likely N-dealkylation sites (tertiary alicyclic amines) is 1. The first-order chi connectivity index (χ1) is 27.6. The monoisotopic (exact) mass is 803 g/mol. The fraction of sp³-hybridized carbons (Fsp3) is 0.442. The van der Waals surface area contributed by atoms with Gasteiger partial charge in [0.25, 0.3) is 0 Å². The van der Waals surface area contributed by atoms with Crippen molar-refractivity contribution in [2.24, 2.45) is 11.8 Å². The van der Waals surface area contributed by atoms with Crippen LogP contribution in [0.5, 0.6) is 0 Å². The summed E-state index contributed by atoms with van der Waals surface area (Å²) in [6.45, 7) is 8.51. The molecule has 0 saturated carbocycles. The van der Waals surface area contributed by atoms with E-state index in [2.05, 4.69) is 16.0 Å². The minimum absolute atomic E-state index is 0.0642. The Balaban J connectivity index is 1.42. The van der Waals surface area contributed by atoms with Crippen LogP contribution in [0.2, 0.25) is 0 Å². The van der Waals surface area contributed by atoms with Gasteiger partial charge in [-0.3, -0.25) is 24.1 Å². The number of esters is 1. The van der Waals surface area contributed by atoms with Crippen molar-refractivity contribution in [3.63, 3.8) is 0 Å². The second kappa shape index (κ2) is 18.6. The van der Waals surface area contributed by atoms with Crippen LogP contribution in [-0.4, -0.2) is 96.5 Å². The molecule has 1 aliphatic carbocycles. The fourth-order valence-electron chi connectivity index (χ4n) is 7.76. The smallest absolute Gasteiger partial charge is 0.410 e. The summed E-state index contributed by atoms with van der Waals surface area (Å²) in [6.07, 6.45) is -0.530. The van der Waals surface area contributed by atoms with Crippen molar-refractivity contribution in [1.82, 2.24) is 25.8 Å². The lowest BCUT2D eigenvalue weighted by atomic mass is 9.99. The lowest BCUT2D eigenvalue weighted by molar-refractivity contribution is -0.147. The summed E-state index contributed by atoms with van der Waals surface area (Å²) in [5.41, 5.74) is 3.35. The van der Waals surface area contributed by atoms with Crippen LogP contribution in [0, 0.1) is 23.5 Å². The average Bonchev–Trinajstić information content (AvgIpc) is 3.81. The Kier molecular flexibility index (Phi) is 13.9. The highest BCUT2D eigenvalue weighted by Gasteiger charge is 2.43. The molecular formula is C43H51F2N5O8. The van der Waals surface area contributed by atoms with Crippen LogP contribution in [0.3, 0.4) is 0 Å². The topological polar surface area (TPSA) is 163 Å². The van der Waals surface area contributed by atoms with Gasteiger partial charge in [-0.2, -0.15) is 0 Å². The van der Waals surface area contributed by atoms with Gasteiger partial charge in [-0.05, 0) is 71.6 Å². The van der Waals surface area contributed by atoms with Gasteiger partial charge in [-0.15, -0.1) is 0 Å². The quantitative estimate of drug-likeness (QED) is 0.198. The molecule has 0 spiro atoms. The molecule has 1 heterocycles. The van der Waals surface area contributed by atoms with Gasteiger partial charge >= 0.3 is 12.1 Å². The van der Waals surface area contributed by atoms with Crippen LogP contribution in [0.4, 0.5) is 13.6 Å². The fourth-order valence-corrected chi connectivity index (χ4v) is 7.76. The van der Waals surface area contributed by atoms with E-state index in [0.29, 0.717) is 12.5 Å². The third-order valence-corrected chi connectivity index (χ3v) is 10.7. The minimum Gasteiger partial charge on any atom is -0.467 e. The van der Waals surface area contributed by atoms with Crippen molar-refractivity contribution in [2.75, 3.05) is 20.8 Å². The molecule has 0 bridgehead atoms. The molecule has 3 aromatic carbocycles. The van der Waals surface area contributed by atoms with Crippen molar-refractivity contribution >= 4 is 35.7 Å². The highest BCUT2D eigenvalue weighted by molar-refractivity contribution is 5.96. The van der Waals surface area contributed by atoms with Gasteiger partial charge in [0.2, 0.25) is 23.6 Å². The zero-order valence-electron chi connectivity index (χ0n) is 33.7. The molecular weight excluding hydrogens is 752 g/mol. The number of nitrogens with one attached hydrogen (secondary N) is 3. The summed E-state index contributed by atoms with van der Waals surface area (Å²) < 4.78 is 38.9. The molecule has 5 rings (SSSR count). The predicted molar refractivity (Wildman–Crippen MR) is 210 cm³/mol. The Morgan fingerprint density at radius 1 is 0.759 bits per heavy atom. The van der Waals surface area contributed by atoms with Gasteiger partial charge in [0.15, 0.2) is 0 Å². The van der Waals surface area contributed by atoms with Gasteiger partial charge in [0, 0.05) is 19.0 Å². The van der Waals surface area contributed by atoms with Crippen molar-refractivity contribution in [2.45, 2.75) is 90.1 Å². The third kappa shape index (κ3) is 9.29. The average molecular weight is 804 g/mol. The van der Waals surface area contributed by atoms with Crippen molar-refractivity contribution < 1.29 is 47.0 Å². The molecule has 13 nitrogen and oxygen atoms in total. The lowest BCUT2D eigenvalue weighted by Crippen LogP contribution is -2.60. The number of amides is 5. The molecule has 58 heavy (non-hydrogen) atoms. The first kappa shape index (κ1) is 43.3. The SMILES string of the molecule is COC(=O)[C@@H](NC(=O)[C@@H](NC(=O)[C@@H]1CCCN1C(=O)[C@H](Cc1cc(F)cc(F)c1)NC(=O)[C@H](C)N(C(=O)OC)C1c2ccccc2-c2ccccc21)C(C)C)C(C)C. The number of fused-ring (bicyclic) bond motifs is 3. The Morgan fingerprint density at radius 3 is 1.86 bits per heavy atom. The van der Waals surface area contributed by atoms with E-state index in [-0.39, 0.29) is 30.9 Å². The first-order valence-corrected chi connectivity index (χ1v) is 19.4. The van der Waals surface area contributed by atoms with E-state index in [0.717, 1.165) is 34.4 Å². The number of hydrogen-bond donors (Lipinski definition) is 3. The van der Waals surface area contributed by atoms with E-state index in [4.69, 9.17) is 9.47 Å². The predicted octanol–water partition coefficient (Wildman–Crippen LogP) is 4.66. The second-order valence-corrected chi connectivity index (χ2v) is 15.3. The molecule has 5 amide bonds. The summed E-state index contributed by atoms with van der Waals surface area (Å²) in [4.78, 5) is 84.7. The highest BCUT2D eigenvalue weighted by Crippen LogP contribution is 2.47. The van der Waals surface area contributed by atoms with Gasteiger partial charge in [-0.1, -0.05) is 76.2 Å². The molecule has 1 fully saturated rings. The van der Waals surface area contributed by atoms with Gasteiger partial charge < -0.3 is 30.3 Å². The first-order valence-electron chi connectivity index (χ1n) is 19.4. The normalized spacial score (nSPS) is 16.7. The zero-order valence-corrected chi connectivity index (χ0v) is 33.7. The van der Waals surface area contributed by atoms with Crippen LogP contribution in [0.1, 0.15) is 70.2 Å². The lowest BCUT2D eigenvalue weighted by Gasteiger charge is -2.35. The van der Waals surface area contributed by atoms with Crippen LogP contribution < -0.4 is 16.0 Å². The molecule has 0 aromatic heterocycles. The number of carbonyl (C=O) groups is 6. The van der Waals surface area contributed by atoms with E-state index >= 15 is 0 Å². The van der Waals surface area contributed by atoms with Gasteiger partial charge in [0.05, 0.1) is 20.3 Å². The molecule has 5 atom stereocenters. The molecule has 3 aromatic rings. The molecule has 310 valence electrons. The van der Waals surface area contributed by atoms with Crippen molar-refractivity contribution in [3.8, 4) is 11.1 Å². The van der Waals surface area contributed by atoms with E-state index in [9.17, 15) is 37.5 Å². The van der Waals surface area contributed by atoms with E-state index in [1.54, 1.807) is 27.7 Å². The second-order valence-electron chi connectivity index (χ2n) is 15.3. The van der Waals surface area contributed by atoms with Gasteiger partial charge in [-0.25, -0.2) is 18.4 Å². The number of rotatable bonds is 14. The van der Waals surface area contributed by atoms with E-state index < -0.39 is 89.5 Å². The number of halogens is 2. The molecule has 0 unspecified atom stereocenters. The highest BCUT2D eigenvalue weighted by atomic mass is 19.1. The Hall–Kier alpha value is -5.86. The summed E-state index contributed by atoms with van der Waals surface area (Å²) in [7, 11) is 2.41. The number of ether oxygens (including phenoxy) is 2.